The minimum absolute atomic E-state index is 0.0358. The summed E-state index contributed by atoms with van der Waals surface area (Å²) < 4.78 is 15.9. The van der Waals surface area contributed by atoms with Crippen molar-refractivity contribution in [3.8, 4) is 23.0 Å². The van der Waals surface area contributed by atoms with Gasteiger partial charge in [-0.25, -0.2) is 9.07 Å². The van der Waals surface area contributed by atoms with E-state index in [4.69, 9.17) is 5.26 Å². The Morgan fingerprint density at radius 3 is 2.37 bits per heavy atom. The first-order valence-electron chi connectivity index (χ1n) is 9.03. The zero-order chi connectivity index (χ0) is 18.8. The number of rotatable bonds is 4. The monoisotopic (exact) mass is 361 g/mol. The van der Waals surface area contributed by atoms with Crippen molar-refractivity contribution in [3.05, 3.63) is 59.9 Å². The largest absolute Gasteiger partial charge is 0.372 e. The van der Waals surface area contributed by atoms with Gasteiger partial charge in [-0.15, -0.1) is 5.10 Å². The fraction of sp³-hybridized carbons (Fsp3) is 0.238. The van der Waals surface area contributed by atoms with Crippen molar-refractivity contribution in [2.24, 2.45) is 0 Å². The third kappa shape index (κ3) is 3.24. The van der Waals surface area contributed by atoms with Crippen molar-refractivity contribution in [2.45, 2.75) is 12.8 Å². The number of anilines is 2. The Labute approximate surface area is 157 Å². The normalized spacial score (nSPS) is 13.6. The number of nitriles is 1. The van der Waals surface area contributed by atoms with E-state index in [1.807, 2.05) is 24.3 Å². The summed E-state index contributed by atoms with van der Waals surface area (Å²) in [6, 6.07) is 16.6. The summed E-state index contributed by atoms with van der Waals surface area (Å²) in [4.78, 5) is 2.38. The minimum atomic E-state index is -0.530. The zero-order valence-corrected chi connectivity index (χ0v) is 15.1. The molecule has 0 aliphatic carbocycles. The number of halogens is 1. The average Bonchev–Trinajstić information content (AvgIpc) is 3.38. The number of hydrogen-bond donors (Lipinski definition) is 1. The Morgan fingerprint density at radius 2 is 1.74 bits per heavy atom. The average molecular weight is 361 g/mol. The SMILES string of the molecule is CNc1cc(-c2ccc(C#N)c(F)c2)n(-c2ccc(N3CCCC3)cc2)n1. The highest BCUT2D eigenvalue weighted by Gasteiger charge is 2.15. The van der Waals surface area contributed by atoms with Crippen LogP contribution in [0.2, 0.25) is 0 Å². The lowest BCUT2D eigenvalue weighted by atomic mass is 10.1. The van der Waals surface area contributed by atoms with E-state index < -0.39 is 5.82 Å². The van der Waals surface area contributed by atoms with E-state index in [2.05, 4.69) is 27.4 Å². The first-order valence-corrected chi connectivity index (χ1v) is 9.03. The molecule has 3 aromatic rings. The molecule has 0 radical (unpaired) electrons. The fourth-order valence-electron chi connectivity index (χ4n) is 3.45. The maximum absolute atomic E-state index is 14.1. The van der Waals surface area contributed by atoms with E-state index in [1.165, 1.54) is 30.7 Å². The van der Waals surface area contributed by atoms with Crippen molar-refractivity contribution >= 4 is 11.5 Å². The van der Waals surface area contributed by atoms with Gasteiger partial charge < -0.3 is 10.2 Å². The molecule has 1 N–H and O–H groups in total. The summed E-state index contributed by atoms with van der Waals surface area (Å²) in [5.74, 6) is 0.163. The second-order valence-electron chi connectivity index (χ2n) is 6.59. The third-order valence-electron chi connectivity index (χ3n) is 4.92. The van der Waals surface area contributed by atoms with Crippen molar-refractivity contribution in [2.75, 3.05) is 30.4 Å². The molecule has 6 heteroatoms. The molecule has 1 aromatic heterocycles. The molecule has 0 spiro atoms. The number of aromatic nitrogens is 2. The summed E-state index contributed by atoms with van der Waals surface area (Å²) in [5, 5.41) is 16.6. The van der Waals surface area contributed by atoms with Crippen LogP contribution in [0.5, 0.6) is 0 Å². The molecule has 2 heterocycles. The van der Waals surface area contributed by atoms with Crippen molar-refractivity contribution in [3.63, 3.8) is 0 Å². The van der Waals surface area contributed by atoms with Crippen LogP contribution >= 0.6 is 0 Å². The Balaban J connectivity index is 1.73. The van der Waals surface area contributed by atoms with Crippen LogP contribution in [-0.4, -0.2) is 29.9 Å². The molecule has 1 aliphatic rings. The molecule has 27 heavy (non-hydrogen) atoms. The highest BCUT2D eigenvalue weighted by Crippen LogP contribution is 2.29. The van der Waals surface area contributed by atoms with Crippen LogP contribution < -0.4 is 10.2 Å². The summed E-state index contributed by atoms with van der Waals surface area (Å²) in [7, 11) is 1.80. The minimum Gasteiger partial charge on any atom is -0.372 e. The van der Waals surface area contributed by atoms with Gasteiger partial charge in [-0.2, -0.15) is 5.26 Å². The first-order chi connectivity index (χ1) is 13.2. The second kappa shape index (κ2) is 7.12. The van der Waals surface area contributed by atoms with E-state index in [1.54, 1.807) is 17.8 Å². The van der Waals surface area contributed by atoms with E-state index in [0.29, 0.717) is 11.4 Å². The predicted octanol–water partition coefficient (Wildman–Crippen LogP) is 4.19. The molecule has 136 valence electrons. The number of benzene rings is 2. The van der Waals surface area contributed by atoms with Crippen molar-refractivity contribution in [1.29, 1.82) is 5.26 Å². The smallest absolute Gasteiger partial charge is 0.148 e. The Bertz CT molecular complexity index is 994. The quantitative estimate of drug-likeness (QED) is 0.757. The Kier molecular flexibility index (Phi) is 4.51. The van der Waals surface area contributed by atoms with Gasteiger partial charge in [0, 0.05) is 37.5 Å². The van der Waals surface area contributed by atoms with Crippen LogP contribution in [0.15, 0.2) is 48.5 Å². The molecule has 0 atom stereocenters. The molecule has 4 rings (SSSR count). The molecule has 2 aromatic carbocycles. The Morgan fingerprint density at radius 1 is 1.04 bits per heavy atom. The maximum atomic E-state index is 14.1. The number of hydrogen-bond acceptors (Lipinski definition) is 4. The van der Waals surface area contributed by atoms with Gasteiger partial charge in [0.25, 0.3) is 0 Å². The van der Waals surface area contributed by atoms with Gasteiger partial charge in [-0.05, 0) is 49.2 Å². The summed E-state index contributed by atoms with van der Waals surface area (Å²) in [5.41, 5.74) is 3.58. The van der Waals surface area contributed by atoms with Gasteiger partial charge in [0.15, 0.2) is 0 Å². The molecule has 0 amide bonds. The highest BCUT2D eigenvalue weighted by molar-refractivity contribution is 5.67. The van der Waals surface area contributed by atoms with Gasteiger partial charge >= 0.3 is 0 Å². The first kappa shape index (κ1) is 17.1. The molecule has 1 saturated heterocycles. The Hall–Kier alpha value is -3.33. The van der Waals surface area contributed by atoms with Crippen LogP contribution in [0.25, 0.3) is 16.9 Å². The zero-order valence-electron chi connectivity index (χ0n) is 15.1. The van der Waals surface area contributed by atoms with Crippen LogP contribution in [-0.2, 0) is 0 Å². The van der Waals surface area contributed by atoms with Gasteiger partial charge in [0.05, 0.1) is 16.9 Å². The third-order valence-corrected chi connectivity index (χ3v) is 4.92. The van der Waals surface area contributed by atoms with Gasteiger partial charge in [0.2, 0.25) is 0 Å². The van der Waals surface area contributed by atoms with E-state index in [9.17, 15) is 4.39 Å². The molecule has 0 unspecified atom stereocenters. The topological polar surface area (TPSA) is 56.9 Å². The lowest BCUT2D eigenvalue weighted by molar-refractivity contribution is 0.624. The van der Waals surface area contributed by atoms with Crippen LogP contribution in [0, 0.1) is 17.1 Å². The van der Waals surface area contributed by atoms with Crippen LogP contribution in [0.4, 0.5) is 15.9 Å². The number of nitrogens with zero attached hydrogens (tertiary/aromatic N) is 4. The molecule has 0 saturated carbocycles. The maximum Gasteiger partial charge on any atom is 0.148 e. The lowest BCUT2D eigenvalue weighted by Crippen LogP contribution is -2.17. The van der Waals surface area contributed by atoms with E-state index in [-0.39, 0.29) is 5.56 Å². The number of nitrogens with one attached hydrogen (secondary N) is 1. The molecular weight excluding hydrogens is 341 g/mol. The van der Waals surface area contributed by atoms with E-state index in [0.717, 1.165) is 24.5 Å². The van der Waals surface area contributed by atoms with Crippen LogP contribution in [0.3, 0.4) is 0 Å². The lowest BCUT2D eigenvalue weighted by Gasteiger charge is -2.18. The van der Waals surface area contributed by atoms with Crippen molar-refractivity contribution in [1.82, 2.24) is 9.78 Å². The molecule has 1 aliphatic heterocycles. The van der Waals surface area contributed by atoms with Crippen molar-refractivity contribution < 1.29 is 4.39 Å². The standard InChI is InChI=1S/C21H20FN5/c1-24-21-13-20(15-4-5-16(14-23)19(22)12-15)27(25-21)18-8-6-17(7-9-18)26-10-2-3-11-26/h4-9,12-13H,2-3,10-11H2,1H3,(H,24,25). The highest BCUT2D eigenvalue weighted by atomic mass is 19.1. The second-order valence-corrected chi connectivity index (χ2v) is 6.59. The molecule has 1 fully saturated rings. The summed E-state index contributed by atoms with van der Waals surface area (Å²) >= 11 is 0. The van der Waals surface area contributed by atoms with Gasteiger partial charge in [-0.3, -0.25) is 0 Å². The summed E-state index contributed by atoms with van der Waals surface area (Å²) in [6.45, 7) is 2.20. The molecule has 0 bridgehead atoms. The van der Waals surface area contributed by atoms with Gasteiger partial charge in [-0.1, -0.05) is 6.07 Å². The predicted molar refractivity (Wildman–Crippen MR) is 105 cm³/mol. The molecular formula is C21H20FN5. The molecule has 5 nitrogen and oxygen atoms in total. The fourth-order valence-corrected chi connectivity index (χ4v) is 3.45. The van der Waals surface area contributed by atoms with E-state index >= 15 is 0 Å². The van der Waals surface area contributed by atoms with Gasteiger partial charge in [0.1, 0.15) is 17.7 Å². The van der Waals surface area contributed by atoms with Crippen LogP contribution in [0.1, 0.15) is 18.4 Å². The summed E-state index contributed by atoms with van der Waals surface area (Å²) in [6.07, 6.45) is 2.47.